The van der Waals surface area contributed by atoms with E-state index in [9.17, 15) is 13.6 Å². The molecule has 0 saturated heterocycles. The number of halogens is 2. The van der Waals surface area contributed by atoms with Crippen LogP contribution in [0.4, 0.5) is 13.6 Å². The first kappa shape index (κ1) is 16.3. The van der Waals surface area contributed by atoms with Gasteiger partial charge in [0.2, 0.25) is 0 Å². The van der Waals surface area contributed by atoms with E-state index in [4.69, 9.17) is 0 Å². The zero-order chi connectivity index (χ0) is 17.3. The molecule has 1 aliphatic carbocycles. The van der Waals surface area contributed by atoms with Gasteiger partial charge in [0.15, 0.2) is 17.5 Å². The molecule has 2 N–H and O–H groups in total. The van der Waals surface area contributed by atoms with E-state index in [-0.39, 0.29) is 5.56 Å². The molecule has 9 heteroatoms. The maximum Gasteiger partial charge on any atom is 0.315 e. The van der Waals surface area contributed by atoms with E-state index in [1.165, 1.54) is 12.1 Å². The smallest absolute Gasteiger partial charge is 0.315 e. The molecule has 0 spiro atoms. The number of urea groups is 1. The van der Waals surface area contributed by atoms with Gasteiger partial charge in [-0.15, -0.1) is 5.10 Å². The summed E-state index contributed by atoms with van der Waals surface area (Å²) in [5.41, 5.74) is 0.0839. The van der Waals surface area contributed by atoms with Crippen molar-refractivity contribution in [2.45, 2.75) is 44.8 Å². The maximum absolute atomic E-state index is 13.8. The Balaban J connectivity index is 1.62. The van der Waals surface area contributed by atoms with Crippen LogP contribution in [-0.4, -0.2) is 26.2 Å². The third-order valence-corrected chi connectivity index (χ3v) is 3.94. The molecule has 7 nitrogen and oxygen atoms in total. The van der Waals surface area contributed by atoms with Crippen LogP contribution < -0.4 is 10.6 Å². The number of nitrogens with one attached hydrogen (secondary N) is 2. The lowest BCUT2D eigenvalue weighted by Gasteiger charge is -2.18. The van der Waals surface area contributed by atoms with Gasteiger partial charge < -0.3 is 10.6 Å². The van der Waals surface area contributed by atoms with Crippen LogP contribution in [0.25, 0.3) is 0 Å². The number of rotatable bonds is 5. The number of hydrogen-bond donors (Lipinski definition) is 2. The quantitative estimate of drug-likeness (QED) is 0.878. The Labute approximate surface area is 137 Å². The number of nitrogens with zero attached hydrogens (tertiary/aromatic N) is 4. The fraction of sp³-hybridized carbons (Fsp3) is 0.467. The van der Waals surface area contributed by atoms with Crippen molar-refractivity contribution in [3.8, 4) is 0 Å². The predicted molar refractivity (Wildman–Crippen MR) is 80.9 cm³/mol. The average Bonchev–Trinajstić information content (AvgIpc) is 3.26. The minimum absolute atomic E-state index is 0.0839. The fourth-order valence-electron chi connectivity index (χ4n) is 2.50. The Bertz CT molecular complexity index is 745. The highest BCUT2D eigenvalue weighted by atomic mass is 19.2. The van der Waals surface area contributed by atoms with Gasteiger partial charge in [-0.1, -0.05) is 12.1 Å². The molecule has 0 radical (unpaired) electrons. The van der Waals surface area contributed by atoms with Gasteiger partial charge in [-0.3, -0.25) is 0 Å². The molecular formula is C15H18F2N6O. The number of carbonyl (C=O) groups is 1. The van der Waals surface area contributed by atoms with Crippen LogP contribution in [0.5, 0.6) is 0 Å². The third kappa shape index (κ3) is 3.34. The van der Waals surface area contributed by atoms with Crippen molar-refractivity contribution < 1.29 is 13.6 Å². The van der Waals surface area contributed by atoms with Gasteiger partial charge in [0, 0.05) is 5.56 Å². The summed E-state index contributed by atoms with van der Waals surface area (Å²) in [6, 6.07) is 2.55. The van der Waals surface area contributed by atoms with E-state index < -0.39 is 29.7 Å². The molecule has 128 valence electrons. The Morgan fingerprint density at radius 2 is 1.96 bits per heavy atom. The Kier molecular flexibility index (Phi) is 4.41. The molecule has 1 aromatic heterocycles. The van der Waals surface area contributed by atoms with E-state index in [1.807, 2.05) is 0 Å². The number of tetrazole rings is 1. The predicted octanol–water partition coefficient (Wildman–Crippen LogP) is 2.41. The summed E-state index contributed by atoms with van der Waals surface area (Å²) in [7, 11) is 0. The second kappa shape index (κ2) is 6.50. The SMILES string of the molecule is C[C@H](NC(=O)N[C@H](C)c1cccc(F)c1F)c1nnnn1C1CC1. The summed E-state index contributed by atoms with van der Waals surface area (Å²) in [4.78, 5) is 12.1. The van der Waals surface area contributed by atoms with Gasteiger partial charge in [0.05, 0.1) is 18.1 Å². The zero-order valence-electron chi connectivity index (χ0n) is 13.3. The van der Waals surface area contributed by atoms with Crippen LogP contribution in [0.3, 0.4) is 0 Å². The van der Waals surface area contributed by atoms with Crippen LogP contribution in [0, 0.1) is 11.6 Å². The molecule has 1 saturated carbocycles. The Morgan fingerprint density at radius 1 is 1.25 bits per heavy atom. The summed E-state index contributed by atoms with van der Waals surface area (Å²) >= 11 is 0. The average molecular weight is 336 g/mol. The fourth-order valence-corrected chi connectivity index (χ4v) is 2.50. The van der Waals surface area contributed by atoms with Gasteiger partial charge in [0.25, 0.3) is 0 Å². The summed E-state index contributed by atoms with van der Waals surface area (Å²) in [6.45, 7) is 3.34. The second-order valence-electron chi connectivity index (χ2n) is 5.92. The molecule has 0 aliphatic heterocycles. The van der Waals surface area contributed by atoms with Gasteiger partial charge in [-0.05, 0) is 43.2 Å². The number of hydrogen-bond acceptors (Lipinski definition) is 4. The van der Waals surface area contributed by atoms with Crippen molar-refractivity contribution in [3.05, 3.63) is 41.2 Å². The van der Waals surface area contributed by atoms with Crippen LogP contribution in [0.15, 0.2) is 18.2 Å². The van der Waals surface area contributed by atoms with Crippen molar-refractivity contribution >= 4 is 6.03 Å². The van der Waals surface area contributed by atoms with Gasteiger partial charge in [-0.2, -0.15) is 0 Å². The van der Waals surface area contributed by atoms with Crippen LogP contribution in [-0.2, 0) is 0 Å². The van der Waals surface area contributed by atoms with Gasteiger partial charge in [0.1, 0.15) is 0 Å². The van der Waals surface area contributed by atoms with Gasteiger partial charge >= 0.3 is 6.03 Å². The van der Waals surface area contributed by atoms with Crippen molar-refractivity contribution in [2.24, 2.45) is 0 Å². The van der Waals surface area contributed by atoms with E-state index in [0.29, 0.717) is 11.9 Å². The highest BCUT2D eigenvalue weighted by Crippen LogP contribution is 2.35. The maximum atomic E-state index is 13.8. The summed E-state index contributed by atoms with van der Waals surface area (Å²) in [5, 5.41) is 16.8. The molecule has 1 fully saturated rings. The molecule has 1 aliphatic rings. The second-order valence-corrected chi connectivity index (χ2v) is 5.92. The number of carbonyl (C=O) groups excluding carboxylic acids is 1. The van der Waals surface area contributed by atoms with Crippen LogP contribution in [0.2, 0.25) is 0 Å². The number of amides is 2. The van der Waals surface area contributed by atoms with Gasteiger partial charge in [-0.25, -0.2) is 18.3 Å². The largest absolute Gasteiger partial charge is 0.332 e. The molecule has 3 rings (SSSR count). The topological polar surface area (TPSA) is 84.7 Å². The Morgan fingerprint density at radius 3 is 2.67 bits per heavy atom. The molecule has 2 atom stereocenters. The Hall–Kier alpha value is -2.58. The van der Waals surface area contributed by atoms with Crippen LogP contribution >= 0.6 is 0 Å². The highest BCUT2D eigenvalue weighted by Gasteiger charge is 2.30. The minimum Gasteiger partial charge on any atom is -0.332 e. The molecular weight excluding hydrogens is 318 g/mol. The standard InChI is InChI=1S/C15H18F2N6O/c1-8(11-4-3-5-12(16)13(11)17)18-15(24)19-9(2)14-20-21-22-23(14)10-6-7-10/h3-5,8-10H,6-7H2,1-2H3,(H2,18,19,24)/t8-,9+/m1/s1. The van der Waals surface area contributed by atoms with Crippen LogP contribution in [0.1, 0.15) is 56.2 Å². The molecule has 1 aromatic carbocycles. The third-order valence-electron chi connectivity index (χ3n) is 3.94. The molecule has 0 bridgehead atoms. The first-order valence-corrected chi connectivity index (χ1v) is 7.76. The van der Waals surface area contributed by atoms with E-state index >= 15 is 0 Å². The minimum atomic E-state index is -0.962. The lowest BCUT2D eigenvalue weighted by atomic mass is 10.1. The van der Waals surface area contributed by atoms with Crippen molar-refractivity contribution in [3.63, 3.8) is 0 Å². The van der Waals surface area contributed by atoms with Crippen molar-refractivity contribution in [1.29, 1.82) is 0 Å². The lowest BCUT2D eigenvalue weighted by molar-refractivity contribution is 0.233. The monoisotopic (exact) mass is 336 g/mol. The summed E-state index contributed by atoms with van der Waals surface area (Å²) in [5.74, 6) is -1.34. The van der Waals surface area contributed by atoms with Crippen molar-refractivity contribution in [2.75, 3.05) is 0 Å². The first-order chi connectivity index (χ1) is 11.5. The van der Waals surface area contributed by atoms with E-state index in [1.54, 1.807) is 18.5 Å². The van der Waals surface area contributed by atoms with E-state index in [2.05, 4.69) is 26.2 Å². The summed E-state index contributed by atoms with van der Waals surface area (Å²) in [6.07, 6.45) is 2.04. The van der Waals surface area contributed by atoms with E-state index in [0.717, 1.165) is 18.9 Å². The summed E-state index contributed by atoms with van der Waals surface area (Å²) < 4.78 is 28.7. The first-order valence-electron chi connectivity index (χ1n) is 7.76. The number of aromatic nitrogens is 4. The molecule has 2 amide bonds. The van der Waals surface area contributed by atoms with Crippen molar-refractivity contribution in [1.82, 2.24) is 30.8 Å². The molecule has 2 aromatic rings. The molecule has 0 unspecified atom stereocenters. The molecule has 24 heavy (non-hydrogen) atoms. The lowest BCUT2D eigenvalue weighted by Crippen LogP contribution is -2.39. The highest BCUT2D eigenvalue weighted by molar-refractivity contribution is 5.74. The number of benzene rings is 1. The normalized spacial score (nSPS) is 16.5. The molecule has 1 heterocycles. The zero-order valence-corrected chi connectivity index (χ0v) is 13.3.